The van der Waals surface area contributed by atoms with Gasteiger partial charge in [0.2, 0.25) is 11.7 Å². The molecule has 0 radical (unpaired) electrons. The highest BCUT2D eigenvalue weighted by molar-refractivity contribution is 5.91. The number of benzene rings is 1. The number of ether oxygens (including phenoxy) is 4. The van der Waals surface area contributed by atoms with Crippen molar-refractivity contribution in [3.05, 3.63) is 36.0 Å². The van der Waals surface area contributed by atoms with E-state index in [0.29, 0.717) is 36.2 Å². The Bertz CT molecular complexity index is 842. The van der Waals surface area contributed by atoms with Crippen molar-refractivity contribution in [1.29, 1.82) is 0 Å². The molecule has 3 rings (SSSR count). The number of amides is 1. The summed E-state index contributed by atoms with van der Waals surface area (Å²) in [6.45, 7) is 0.991. The van der Waals surface area contributed by atoms with Gasteiger partial charge in [0.25, 0.3) is 0 Å². The third-order valence-electron chi connectivity index (χ3n) is 5.03. The van der Waals surface area contributed by atoms with Gasteiger partial charge < -0.3 is 29.6 Å². The SMILES string of the molecule is COCCNC(=O)C1(c2ccnc(Nc3cc(OC)c(OC)c(OC)c3)c2)CC1. The van der Waals surface area contributed by atoms with Crippen LogP contribution in [0.4, 0.5) is 11.5 Å². The number of nitrogens with one attached hydrogen (secondary N) is 2. The first-order chi connectivity index (χ1) is 14.1. The molecule has 1 aliphatic carbocycles. The quantitative estimate of drug-likeness (QED) is 0.592. The third kappa shape index (κ3) is 4.37. The second-order valence-electron chi connectivity index (χ2n) is 6.80. The molecule has 1 saturated carbocycles. The fourth-order valence-electron chi connectivity index (χ4n) is 3.31. The lowest BCUT2D eigenvalue weighted by molar-refractivity contribution is -0.123. The molecule has 0 spiro atoms. The van der Waals surface area contributed by atoms with Crippen LogP contribution in [0.3, 0.4) is 0 Å². The minimum Gasteiger partial charge on any atom is -0.493 e. The molecule has 1 heterocycles. The number of hydrogen-bond donors (Lipinski definition) is 2. The third-order valence-corrected chi connectivity index (χ3v) is 5.03. The Morgan fingerprint density at radius 2 is 1.76 bits per heavy atom. The van der Waals surface area contributed by atoms with Crippen LogP contribution in [-0.4, -0.2) is 52.5 Å². The summed E-state index contributed by atoms with van der Waals surface area (Å²) in [5.41, 5.74) is 1.19. The zero-order valence-corrected chi connectivity index (χ0v) is 17.2. The van der Waals surface area contributed by atoms with Crippen LogP contribution >= 0.6 is 0 Å². The maximum atomic E-state index is 12.7. The number of rotatable bonds is 10. The van der Waals surface area contributed by atoms with Crippen molar-refractivity contribution in [2.75, 3.05) is 46.9 Å². The van der Waals surface area contributed by atoms with Crippen LogP contribution in [-0.2, 0) is 14.9 Å². The molecular formula is C21H27N3O5. The van der Waals surface area contributed by atoms with Crippen molar-refractivity contribution in [1.82, 2.24) is 10.3 Å². The van der Waals surface area contributed by atoms with Crippen molar-refractivity contribution in [3.8, 4) is 17.2 Å². The van der Waals surface area contributed by atoms with E-state index in [1.807, 2.05) is 12.1 Å². The van der Waals surface area contributed by atoms with E-state index in [1.165, 1.54) is 0 Å². The fraction of sp³-hybridized carbons (Fsp3) is 0.429. The smallest absolute Gasteiger partial charge is 0.230 e. The fourth-order valence-corrected chi connectivity index (χ4v) is 3.31. The largest absolute Gasteiger partial charge is 0.493 e. The normalized spacial score (nSPS) is 14.1. The van der Waals surface area contributed by atoms with Gasteiger partial charge in [-0.2, -0.15) is 0 Å². The summed E-state index contributed by atoms with van der Waals surface area (Å²) in [5.74, 6) is 2.27. The zero-order chi connectivity index (χ0) is 20.9. The molecule has 0 unspecified atom stereocenters. The van der Waals surface area contributed by atoms with Gasteiger partial charge in [-0.15, -0.1) is 0 Å². The average molecular weight is 401 g/mol. The van der Waals surface area contributed by atoms with Gasteiger partial charge in [-0.05, 0) is 30.5 Å². The van der Waals surface area contributed by atoms with Gasteiger partial charge in [-0.1, -0.05) is 0 Å². The van der Waals surface area contributed by atoms with E-state index in [1.54, 1.807) is 46.8 Å². The number of hydrogen-bond acceptors (Lipinski definition) is 7. The van der Waals surface area contributed by atoms with E-state index in [0.717, 1.165) is 24.1 Å². The molecule has 8 nitrogen and oxygen atoms in total. The summed E-state index contributed by atoms with van der Waals surface area (Å²) in [6, 6.07) is 7.41. The zero-order valence-electron chi connectivity index (χ0n) is 17.2. The Morgan fingerprint density at radius 1 is 1.07 bits per heavy atom. The van der Waals surface area contributed by atoms with E-state index < -0.39 is 5.41 Å². The molecule has 0 aliphatic heterocycles. The van der Waals surface area contributed by atoms with E-state index in [-0.39, 0.29) is 5.91 Å². The van der Waals surface area contributed by atoms with Crippen molar-refractivity contribution < 1.29 is 23.7 Å². The van der Waals surface area contributed by atoms with Crippen LogP contribution in [0, 0.1) is 0 Å². The average Bonchev–Trinajstić information content (AvgIpc) is 3.55. The highest BCUT2D eigenvalue weighted by Gasteiger charge is 2.51. The molecular weight excluding hydrogens is 374 g/mol. The highest BCUT2D eigenvalue weighted by Crippen LogP contribution is 2.49. The van der Waals surface area contributed by atoms with E-state index in [2.05, 4.69) is 15.6 Å². The standard InChI is InChI=1S/C21H27N3O5/c1-26-10-9-23-20(25)21(6-7-21)14-5-8-22-18(11-14)24-15-12-16(27-2)19(29-4)17(13-15)28-3/h5,8,11-13H,6-7,9-10H2,1-4H3,(H,22,24)(H,23,25). The lowest BCUT2D eigenvalue weighted by Crippen LogP contribution is -2.36. The number of carbonyl (C=O) groups excluding carboxylic acids is 1. The van der Waals surface area contributed by atoms with Crippen LogP contribution in [0.25, 0.3) is 0 Å². The van der Waals surface area contributed by atoms with Gasteiger partial charge >= 0.3 is 0 Å². The first-order valence-electron chi connectivity index (χ1n) is 9.38. The number of pyridine rings is 1. The summed E-state index contributed by atoms with van der Waals surface area (Å²) in [6.07, 6.45) is 3.34. The van der Waals surface area contributed by atoms with E-state index >= 15 is 0 Å². The molecule has 29 heavy (non-hydrogen) atoms. The molecule has 1 fully saturated rings. The van der Waals surface area contributed by atoms with Gasteiger partial charge in [-0.3, -0.25) is 4.79 Å². The molecule has 2 aromatic rings. The maximum absolute atomic E-state index is 12.7. The Morgan fingerprint density at radius 3 is 2.31 bits per heavy atom. The molecule has 8 heteroatoms. The first-order valence-corrected chi connectivity index (χ1v) is 9.38. The predicted molar refractivity (Wildman–Crippen MR) is 109 cm³/mol. The number of carbonyl (C=O) groups is 1. The summed E-state index contributed by atoms with van der Waals surface area (Å²) in [7, 11) is 6.31. The predicted octanol–water partition coefficient (Wildman–Crippen LogP) is 2.65. The molecule has 1 aromatic heterocycles. The van der Waals surface area contributed by atoms with Crippen molar-refractivity contribution in [2.24, 2.45) is 0 Å². The molecule has 0 bridgehead atoms. The summed E-state index contributed by atoms with van der Waals surface area (Å²) in [5, 5.41) is 6.20. The van der Waals surface area contributed by atoms with Gasteiger partial charge in [0, 0.05) is 37.7 Å². The topological polar surface area (TPSA) is 90.9 Å². The molecule has 0 atom stereocenters. The lowest BCUT2D eigenvalue weighted by Gasteiger charge is -2.17. The maximum Gasteiger partial charge on any atom is 0.230 e. The van der Waals surface area contributed by atoms with Crippen LogP contribution in [0.5, 0.6) is 17.2 Å². The molecule has 1 aliphatic rings. The minimum atomic E-state index is -0.484. The van der Waals surface area contributed by atoms with Crippen molar-refractivity contribution in [2.45, 2.75) is 18.3 Å². The Balaban J connectivity index is 1.81. The monoisotopic (exact) mass is 401 g/mol. The number of nitrogens with zero attached hydrogens (tertiary/aromatic N) is 1. The van der Waals surface area contributed by atoms with Gasteiger partial charge in [-0.25, -0.2) is 4.98 Å². The number of aromatic nitrogens is 1. The van der Waals surface area contributed by atoms with Crippen LogP contribution in [0.15, 0.2) is 30.5 Å². The second-order valence-corrected chi connectivity index (χ2v) is 6.80. The number of methoxy groups -OCH3 is 4. The second kappa shape index (κ2) is 9.00. The summed E-state index contributed by atoms with van der Waals surface area (Å²) in [4.78, 5) is 17.0. The van der Waals surface area contributed by atoms with E-state index in [9.17, 15) is 4.79 Å². The van der Waals surface area contributed by atoms with Crippen molar-refractivity contribution >= 4 is 17.4 Å². The Labute approximate surface area is 170 Å². The summed E-state index contributed by atoms with van der Waals surface area (Å²) >= 11 is 0. The molecule has 1 aromatic carbocycles. The van der Waals surface area contributed by atoms with Crippen LogP contribution < -0.4 is 24.8 Å². The van der Waals surface area contributed by atoms with Gasteiger partial charge in [0.1, 0.15) is 5.82 Å². The van der Waals surface area contributed by atoms with E-state index in [4.69, 9.17) is 18.9 Å². The lowest BCUT2D eigenvalue weighted by atomic mass is 9.96. The molecule has 156 valence electrons. The van der Waals surface area contributed by atoms with Gasteiger partial charge in [0.15, 0.2) is 11.5 Å². The first kappa shape index (κ1) is 20.7. The van der Waals surface area contributed by atoms with Crippen molar-refractivity contribution in [3.63, 3.8) is 0 Å². The van der Waals surface area contributed by atoms with Gasteiger partial charge in [0.05, 0.1) is 33.4 Å². The Kier molecular flexibility index (Phi) is 6.43. The van der Waals surface area contributed by atoms with Crippen LogP contribution in [0.2, 0.25) is 0 Å². The summed E-state index contributed by atoms with van der Waals surface area (Å²) < 4.78 is 21.2. The van der Waals surface area contributed by atoms with Crippen LogP contribution in [0.1, 0.15) is 18.4 Å². The highest BCUT2D eigenvalue weighted by atomic mass is 16.5. The number of anilines is 2. The molecule has 2 N–H and O–H groups in total. The minimum absolute atomic E-state index is 0.0273. The molecule has 0 saturated heterocycles. The Hall–Kier alpha value is -3.00. The molecule has 1 amide bonds.